The summed E-state index contributed by atoms with van der Waals surface area (Å²) in [6, 6.07) is 14.3. The Morgan fingerprint density at radius 1 is 1.18 bits per heavy atom. The van der Waals surface area contributed by atoms with Gasteiger partial charge in [-0.15, -0.1) is 11.8 Å². The second kappa shape index (κ2) is 7.22. The molecule has 0 fully saturated rings. The molecule has 0 aliphatic heterocycles. The molecule has 0 spiro atoms. The zero-order valence-electron chi connectivity index (χ0n) is 12.0. The summed E-state index contributed by atoms with van der Waals surface area (Å²) in [7, 11) is -2.82. The van der Waals surface area contributed by atoms with Gasteiger partial charge in [0.25, 0.3) is 0 Å². The van der Waals surface area contributed by atoms with Gasteiger partial charge < -0.3 is 0 Å². The first-order valence-electron chi connectivity index (χ1n) is 6.50. The topological polar surface area (TPSA) is 46.2 Å². The third-order valence-electron chi connectivity index (χ3n) is 2.86. The van der Waals surface area contributed by atoms with E-state index < -0.39 is 9.71 Å². The summed E-state index contributed by atoms with van der Waals surface area (Å²) < 4.78 is 15.0. The number of benzene rings is 2. The molecule has 0 bridgehead atoms. The number of hydrogen-bond acceptors (Lipinski definition) is 3. The Kier molecular flexibility index (Phi) is 5.56. The van der Waals surface area contributed by atoms with Crippen molar-refractivity contribution >= 4 is 44.8 Å². The van der Waals surface area contributed by atoms with E-state index in [1.807, 2.05) is 31.2 Å². The fourth-order valence-corrected chi connectivity index (χ4v) is 3.76. The Balaban J connectivity index is 1.96. The van der Waals surface area contributed by atoms with E-state index in [-0.39, 0.29) is 11.7 Å². The van der Waals surface area contributed by atoms with Gasteiger partial charge in [0.1, 0.15) is 0 Å². The maximum Gasteiger partial charge on any atom is 0.241 e. The van der Waals surface area contributed by atoms with Crippen molar-refractivity contribution in [3.05, 3.63) is 59.1 Å². The van der Waals surface area contributed by atoms with Crippen molar-refractivity contribution in [3.8, 4) is 0 Å². The van der Waals surface area contributed by atoms with Crippen molar-refractivity contribution < 1.29 is 9.00 Å². The normalized spacial score (nSPS) is 13.4. The molecule has 0 saturated carbocycles. The molecule has 116 valence electrons. The van der Waals surface area contributed by atoms with Gasteiger partial charge in [0.05, 0.1) is 15.5 Å². The van der Waals surface area contributed by atoms with E-state index >= 15 is 0 Å². The van der Waals surface area contributed by atoms with Crippen LogP contribution in [0.5, 0.6) is 0 Å². The second-order valence-electron chi connectivity index (χ2n) is 4.76. The highest BCUT2D eigenvalue weighted by Gasteiger charge is 2.12. The molecule has 0 radical (unpaired) electrons. The minimum Gasteiger partial charge on any atom is -0.279 e. The Labute approximate surface area is 140 Å². The highest BCUT2D eigenvalue weighted by atomic mass is 35.5. The Morgan fingerprint density at radius 2 is 1.77 bits per heavy atom. The average Bonchev–Trinajstić information content (AvgIpc) is 2.46. The summed E-state index contributed by atoms with van der Waals surface area (Å²) >= 11 is 7.16. The van der Waals surface area contributed by atoms with Crippen LogP contribution in [0.4, 0.5) is 0 Å². The zero-order valence-corrected chi connectivity index (χ0v) is 14.4. The minimum absolute atomic E-state index is 0.167. The predicted octanol–water partition coefficient (Wildman–Crippen LogP) is 3.55. The number of carbonyl (C=O) groups is 1. The van der Waals surface area contributed by atoms with Crippen LogP contribution in [0.1, 0.15) is 5.56 Å². The lowest BCUT2D eigenvalue weighted by Gasteiger charge is -2.11. The Hall–Kier alpha value is -1.43. The first kappa shape index (κ1) is 16.9. The van der Waals surface area contributed by atoms with Crippen molar-refractivity contribution in [1.82, 2.24) is 4.72 Å². The molecule has 1 atom stereocenters. The maximum absolute atomic E-state index is 12.5. The summed E-state index contributed by atoms with van der Waals surface area (Å²) in [5, 5.41) is 0.647. The Morgan fingerprint density at radius 3 is 2.36 bits per heavy atom. The molecule has 3 nitrogen and oxygen atoms in total. The number of aryl methyl sites for hydroxylation is 1. The maximum atomic E-state index is 12.5. The van der Waals surface area contributed by atoms with E-state index in [9.17, 15) is 9.00 Å². The molecule has 2 aromatic carbocycles. The number of thioether (sulfide) groups is 1. The van der Waals surface area contributed by atoms with Crippen LogP contribution in [-0.4, -0.2) is 21.7 Å². The van der Waals surface area contributed by atoms with Crippen molar-refractivity contribution in [1.29, 1.82) is 0 Å². The van der Waals surface area contributed by atoms with Crippen molar-refractivity contribution in [2.45, 2.75) is 16.7 Å². The molecule has 0 aliphatic carbocycles. The summed E-state index contributed by atoms with van der Waals surface area (Å²) in [5.41, 5.74) is 1.06. The molecular formula is C16H16ClNO2S2. The standard InChI is InChI=1S/C16H16ClNO2S2/c1-12-3-9-15(10-4-12)22(2,20)18-16(19)11-21-14-7-5-13(17)6-8-14/h3-10H,2,11H2,1H3,(H,18,19,20). The average molecular weight is 354 g/mol. The van der Waals surface area contributed by atoms with Crippen LogP contribution >= 0.6 is 23.4 Å². The Bertz CT molecular complexity index is 754. The van der Waals surface area contributed by atoms with E-state index in [1.54, 1.807) is 24.3 Å². The van der Waals surface area contributed by atoms with E-state index in [2.05, 4.69) is 10.6 Å². The van der Waals surface area contributed by atoms with Crippen LogP contribution in [0.15, 0.2) is 58.3 Å². The summed E-state index contributed by atoms with van der Waals surface area (Å²) in [6.45, 7) is 1.94. The quantitative estimate of drug-likeness (QED) is 0.660. The van der Waals surface area contributed by atoms with Gasteiger partial charge in [-0.3, -0.25) is 9.52 Å². The lowest BCUT2D eigenvalue weighted by atomic mass is 10.2. The number of amides is 1. The lowest BCUT2D eigenvalue weighted by Crippen LogP contribution is -2.31. The molecule has 2 aromatic rings. The molecule has 22 heavy (non-hydrogen) atoms. The molecule has 0 aliphatic rings. The summed E-state index contributed by atoms with van der Waals surface area (Å²) in [5.74, 6) is 3.49. The molecule has 0 heterocycles. The fraction of sp³-hybridized carbons (Fsp3) is 0.125. The molecule has 0 aromatic heterocycles. The SMILES string of the molecule is C=S(=O)(NC(=O)CSc1ccc(Cl)cc1)c1ccc(C)cc1. The van der Waals surface area contributed by atoms with Crippen LogP contribution in [0.25, 0.3) is 0 Å². The fourth-order valence-electron chi connectivity index (χ4n) is 1.71. The van der Waals surface area contributed by atoms with Crippen molar-refractivity contribution in [2.75, 3.05) is 5.75 Å². The van der Waals surface area contributed by atoms with E-state index in [1.165, 1.54) is 11.8 Å². The number of halogens is 1. The monoisotopic (exact) mass is 353 g/mol. The first-order valence-corrected chi connectivity index (χ1v) is 9.59. The van der Waals surface area contributed by atoms with Gasteiger partial charge in [-0.1, -0.05) is 29.3 Å². The van der Waals surface area contributed by atoms with Crippen LogP contribution in [0, 0.1) is 6.92 Å². The van der Waals surface area contributed by atoms with Gasteiger partial charge in [0.15, 0.2) is 0 Å². The zero-order chi connectivity index (χ0) is 16.2. The largest absolute Gasteiger partial charge is 0.279 e. The molecule has 1 unspecified atom stereocenters. The van der Waals surface area contributed by atoms with Gasteiger partial charge in [-0.05, 0) is 49.2 Å². The second-order valence-corrected chi connectivity index (χ2v) is 8.27. The van der Waals surface area contributed by atoms with E-state index in [0.29, 0.717) is 9.92 Å². The number of rotatable bonds is 5. The smallest absolute Gasteiger partial charge is 0.241 e. The molecule has 2 rings (SSSR count). The van der Waals surface area contributed by atoms with Crippen LogP contribution in [0.2, 0.25) is 5.02 Å². The molecule has 0 saturated heterocycles. The van der Waals surface area contributed by atoms with E-state index in [0.717, 1.165) is 10.5 Å². The molecule has 6 heteroatoms. The van der Waals surface area contributed by atoms with Crippen molar-refractivity contribution in [3.63, 3.8) is 0 Å². The summed E-state index contributed by atoms with van der Waals surface area (Å²) in [6.07, 6.45) is 0. The third-order valence-corrected chi connectivity index (χ3v) is 5.72. The van der Waals surface area contributed by atoms with Gasteiger partial charge >= 0.3 is 0 Å². The third kappa shape index (κ3) is 4.80. The highest BCUT2D eigenvalue weighted by molar-refractivity contribution is 8.01. The minimum atomic E-state index is -2.82. The number of carbonyl (C=O) groups excluding carboxylic acids is 1. The van der Waals surface area contributed by atoms with Gasteiger partial charge in [0.2, 0.25) is 5.91 Å². The van der Waals surface area contributed by atoms with Gasteiger partial charge in [-0.25, -0.2) is 4.21 Å². The van der Waals surface area contributed by atoms with Crippen molar-refractivity contribution in [2.24, 2.45) is 0 Å². The van der Waals surface area contributed by atoms with Crippen LogP contribution in [-0.2, 0) is 14.5 Å². The molecule has 1 amide bonds. The number of nitrogens with one attached hydrogen (secondary N) is 1. The summed E-state index contributed by atoms with van der Waals surface area (Å²) in [4.78, 5) is 13.4. The van der Waals surface area contributed by atoms with Crippen LogP contribution < -0.4 is 4.72 Å². The van der Waals surface area contributed by atoms with Crippen LogP contribution in [0.3, 0.4) is 0 Å². The number of hydrogen-bond donors (Lipinski definition) is 1. The van der Waals surface area contributed by atoms with Gasteiger partial charge in [-0.2, -0.15) is 0 Å². The van der Waals surface area contributed by atoms with Gasteiger partial charge in [0, 0.05) is 14.8 Å². The predicted molar refractivity (Wildman–Crippen MR) is 95.0 cm³/mol. The highest BCUT2D eigenvalue weighted by Crippen LogP contribution is 2.20. The molecule has 1 N–H and O–H groups in total. The molecular weight excluding hydrogens is 338 g/mol. The first-order chi connectivity index (χ1) is 10.4. The van der Waals surface area contributed by atoms with E-state index in [4.69, 9.17) is 11.6 Å². The lowest BCUT2D eigenvalue weighted by molar-refractivity contribution is -0.116.